The number of halogens is 2. The molecule has 3 rings (SSSR count). The van der Waals surface area contributed by atoms with Gasteiger partial charge in [-0.1, -0.05) is 12.2 Å². The molecule has 1 aliphatic carbocycles. The van der Waals surface area contributed by atoms with Gasteiger partial charge in [0.15, 0.2) is 0 Å². The van der Waals surface area contributed by atoms with Crippen molar-refractivity contribution >= 4 is 24.8 Å². The predicted molar refractivity (Wildman–Crippen MR) is 70.9 cm³/mol. The fourth-order valence-corrected chi connectivity index (χ4v) is 2.31. The summed E-state index contributed by atoms with van der Waals surface area (Å²) in [4.78, 5) is 0. The highest BCUT2D eigenvalue weighted by Crippen LogP contribution is 2.29. The van der Waals surface area contributed by atoms with E-state index in [1.165, 1.54) is 22.5 Å². The van der Waals surface area contributed by atoms with Crippen LogP contribution in [0.5, 0.6) is 0 Å². The number of hydrogen-bond acceptors (Lipinski definition) is 3. The molecular formula is C11H17Cl2N3. The standard InChI is InChI=1S/C11H15N3.2ClH/c1-2-8-4-11-9(6-12-7-14-11)5-10(8)13-3-1;;/h1-2,12-14H,3-7H2;2*1H. The van der Waals surface area contributed by atoms with Crippen molar-refractivity contribution < 1.29 is 0 Å². The second kappa shape index (κ2) is 5.62. The Balaban J connectivity index is 0.000000640. The largest absolute Gasteiger partial charge is 0.384 e. The van der Waals surface area contributed by atoms with Gasteiger partial charge in [-0.05, 0) is 11.1 Å². The lowest BCUT2D eigenvalue weighted by Gasteiger charge is -2.31. The van der Waals surface area contributed by atoms with Crippen molar-refractivity contribution in [2.75, 3.05) is 19.8 Å². The Morgan fingerprint density at radius 2 is 1.88 bits per heavy atom. The molecule has 2 heterocycles. The molecule has 3 nitrogen and oxygen atoms in total. The summed E-state index contributed by atoms with van der Waals surface area (Å²) in [6, 6.07) is 0. The molecule has 0 saturated carbocycles. The van der Waals surface area contributed by atoms with Crippen LogP contribution >= 0.6 is 24.8 Å². The summed E-state index contributed by atoms with van der Waals surface area (Å²) in [5.74, 6) is 0. The average molecular weight is 262 g/mol. The summed E-state index contributed by atoms with van der Waals surface area (Å²) in [6.07, 6.45) is 6.63. The van der Waals surface area contributed by atoms with Gasteiger partial charge >= 0.3 is 0 Å². The summed E-state index contributed by atoms with van der Waals surface area (Å²) < 4.78 is 0. The molecule has 0 spiro atoms. The highest BCUT2D eigenvalue weighted by Gasteiger charge is 2.21. The first-order valence-corrected chi connectivity index (χ1v) is 5.21. The lowest BCUT2D eigenvalue weighted by molar-refractivity contribution is 0.577. The van der Waals surface area contributed by atoms with Crippen molar-refractivity contribution in [1.29, 1.82) is 0 Å². The van der Waals surface area contributed by atoms with Crippen molar-refractivity contribution in [3.05, 3.63) is 34.7 Å². The lowest BCUT2D eigenvalue weighted by atomic mass is 9.90. The van der Waals surface area contributed by atoms with Crippen LogP contribution < -0.4 is 16.0 Å². The van der Waals surface area contributed by atoms with Gasteiger partial charge in [-0.15, -0.1) is 24.8 Å². The molecule has 16 heavy (non-hydrogen) atoms. The third-order valence-corrected chi connectivity index (χ3v) is 3.09. The maximum absolute atomic E-state index is 3.46. The summed E-state index contributed by atoms with van der Waals surface area (Å²) in [5, 5.41) is 10.2. The number of allylic oxidation sites excluding steroid dienone is 3. The molecular weight excluding hydrogens is 245 g/mol. The Morgan fingerprint density at radius 3 is 2.75 bits per heavy atom. The third kappa shape index (κ3) is 2.37. The molecule has 5 heteroatoms. The van der Waals surface area contributed by atoms with E-state index in [0.29, 0.717) is 0 Å². The molecule has 0 unspecified atom stereocenters. The van der Waals surface area contributed by atoms with E-state index in [0.717, 1.165) is 32.6 Å². The quantitative estimate of drug-likeness (QED) is 0.618. The fraction of sp³-hybridized carbons (Fsp3) is 0.455. The van der Waals surface area contributed by atoms with E-state index >= 15 is 0 Å². The van der Waals surface area contributed by atoms with Gasteiger partial charge in [-0.25, -0.2) is 0 Å². The van der Waals surface area contributed by atoms with Gasteiger partial charge < -0.3 is 10.6 Å². The van der Waals surface area contributed by atoms with Crippen molar-refractivity contribution in [3.63, 3.8) is 0 Å². The highest BCUT2D eigenvalue weighted by atomic mass is 35.5. The second-order valence-corrected chi connectivity index (χ2v) is 4.00. The molecule has 90 valence electrons. The van der Waals surface area contributed by atoms with Crippen molar-refractivity contribution in [3.8, 4) is 0 Å². The molecule has 0 saturated heterocycles. The Hall–Kier alpha value is -0.640. The van der Waals surface area contributed by atoms with Crippen LogP contribution in [0.4, 0.5) is 0 Å². The van der Waals surface area contributed by atoms with Crippen LogP contribution in [-0.2, 0) is 0 Å². The minimum absolute atomic E-state index is 0. The zero-order valence-corrected chi connectivity index (χ0v) is 10.6. The summed E-state index contributed by atoms with van der Waals surface area (Å²) in [6.45, 7) is 2.95. The Bertz CT molecular complexity index is 358. The van der Waals surface area contributed by atoms with Crippen LogP contribution in [0.2, 0.25) is 0 Å². The average Bonchev–Trinajstić information content (AvgIpc) is 2.26. The van der Waals surface area contributed by atoms with Crippen LogP contribution in [0.25, 0.3) is 0 Å². The maximum Gasteiger partial charge on any atom is 0.0652 e. The summed E-state index contributed by atoms with van der Waals surface area (Å²) in [7, 11) is 0. The van der Waals surface area contributed by atoms with Crippen LogP contribution in [0.1, 0.15) is 12.8 Å². The van der Waals surface area contributed by atoms with Gasteiger partial charge in [0.1, 0.15) is 0 Å². The first-order valence-electron chi connectivity index (χ1n) is 5.21. The van der Waals surface area contributed by atoms with Gasteiger partial charge in [0, 0.05) is 37.3 Å². The van der Waals surface area contributed by atoms with Gasteiger partial charge in [-0.3, -0.25) is 5.32 Å². The monoisotopic (exact) mass is 261 g/mol. The summed E-state index contributed by atoms with van der Waals surface area (Å²) in [5.41, 5.74) is 5.86. The molecule has 0 amide bonds. The molecule has 0 fully saturated rings. The van der Waals surface area contributed by atoms with Gasteiger partial charge in [0.2, 0.25) is 0 Å². The lowest BCUT2D eigenvalue weighted by Crippen LogP contribution is -2.39. The van der Waals surface area contributed by atoms with E-state index in [1.54, 1.807) is 0 Å². The van der Waals surface area contributed by atoms with E-state index in [1.807, 2.05) is 0 Å². The number of dihydropyridines is 1. The Kier molecular flexibility index (Phi) is 4.71. The van der Waals surface area contributed by atoms with E-state index in [2.05, 4.69) is 28.1 Å². The van der Waals surface area contributed by atoms with E-state index in [-0.39, 0.29) is 24.8 Å². The molecule has 3 aliphatic rings. The van der Waals surface area contributed by atoms with E-state index in [4.69, 9.17) is 0 Å². The minimum atomic E-state index is 0. The SMILES string of the molecule is C1=CC2=C(CC3=C(C2)NCNC3)NC1.Cl.Cl. The van der Waals surface area contributed by atoms with Crippen LogP contribution in [0.3, 0.4) is 0 Å². The van der Waals surface area contributed by atoms with Gasteiger partial charge in [0.05, 0.1) is 6.67 Å². The van der Waals surface area contributed by atoms with Gasteiger partial charge in [0.25, 0.3) is 0 Å². The molecule has 3 N–H and O–H groups in total. The van der Waals surface area contributed by atoms with Crippen molar-refractivity contribution in [2.45, 2.75) is 12.8 Å². The van der Waals surface area contributed by atoms with Gasteiger partial charge in [-0.2, -0.15) is 0 Å². The van der Waals surface area contributed by atoms with Crippen LogP contribution in [-0.4, -0.2) is 19.8 Å². The molecule has 0 atom stereocenters. The second-order valence-electron chi connectivity index (χ2n) is 4.00. The van der Waals surface area contributed by atoms with Crippen molar-refractivity contribution in [2.24, 2.45) is 0 Å². The highest BCUT2D eigenvalue weighted by molar-refractivity contribution is 5.85. The van der Waals surface area contributed by atoms with Crippen LogP contribution in [0.15, 0.2) is 34.7 Å². The first-order chi connectivity index (χ1) is 6.93. The molecule has 0 bridgehead atoms. The Labute approximate surface area is 108 Å². The zero-order chi connectivity index (χ0) is 9.38. The number of hydrogen-bond donors (Lipinski definition) is 3. The topological polar surface area (TPSA) is 36.1 Å². The molecule has 0 aromatic carbocycles. The zero-order valence-electron chi connectivity index (χ0n) is 9.01. The fourth-order valence-electron chi connectivity index (χ4n) is 2.31. The normalized spacial score (nSPS) is 22.0. The van der Waals surface area contributed by atoms with Crippen LogP contribution in [0, 0.1) is 0 Å². The third-order valence-electron chi connectivity index (χ3n) is 3.09. The summed E-state index contributed by atoms with van der Waals surface area (Å²) >= 11 is 0. The molecule has 2 aliphatic heterocycles. The Morgan fingerprint density at radius 1 is 1.00 bits per heavy atom. The van der Waals surface area contributed by atoms with Crippen molar-refractivity contribution in [1.82, 2.24) is 16.0 Å². The van der Waals surface area contributed by atoms with E-state index in [9.17, 15) is 0 Å². The molecule has 0 aromatic heterocycles. The van der Waals surface area contributed by atoms with E-state index < -0.39 is 0 Å². The number of rotatable bonds is 0. The molecule has 0 aromatic rings. The maximum atomic E-state index is 3.46. The molecule has 0 radical (unpaired) electrons. The smallest absolute Gasteiger partial charge is 0.0652 e. The predicted octanol–water partition coefficient (Wildman–Crippen LogP) is 1.44. The number of nitrogens with one attached hydrogen (secondary N) is 3. The first kappa shape index (κ1) is 13.4. The minimum Gasteiger partial charge on any atom is -0.384 e.